The van der Waals surface area contributed by atoms with Crippen molar-refractivity contribution in [1.82, 2.24) is 14.8 Å². The minimum atomic E-state index is -4.52. The quantitative estimate of drug-likeness (QED) is 0.800. The molecule has 0 saturated heterocycles. The minimum Gasteiger partial charge on any atom is -0.383 e. The zero-order chi connectivity index (χ0) is 14.0. The molecule has 0 amide bonds. The molecule has 1 heterocycles. The van der Waals surface area contributed by atoms with Crippen molar-refractivity contribution in [1.29, 1.82) is 0 Å². The maximum Gasteiger partial charge on any atom is 0.396 e. The topological polar surface area (TPSA) is 100 Å². The molecule has 0 unspecified atom stereocenters. The molecular weight excluding hydrogens is 277 g/mol. The maximum atomic E-state index is 12.3. The van der Waals surface area contributed by atoms with Gasteiger partial charge in [-0.15, -0.1) is 10.2 Å². The van der Waals surface area contributed by atoms with E-state index in [0.29, 0.717) is 0 Å². The Balaban J connectivity index is 3.15. The lowest BCUT2D eigenvalue weighted by Gasteiger charge is -2.10. The summed E-state index contributed by atoms with van der Waals surface area (Å²) in [6, 6.07) is 0. The molecule has 0 atom stereocenters. The van der Waals surface area contributed by atoms with Crippen molar-refractivity contribution in [2.24, 2.45) is 5.14 Å². The van der Waals surface area contributed by atoms with Gasteiger partial charge >= 0.3 is 6.18 Å². The summed E-state index contributed by atoms with van der Waals surface area (Å²) in [6.45, 7) is -0.133. The molecule has 0 spiro atoms. The number of ether oxygens (including phenoxy) is 1. The third-order valence-electron chi connectivity index (χ3n) is 1.93. The summed E-state index contributed by atoms with van der Waals surface area (Å²) in [5, 5.41) is 10.5. The van der Waals surface area contributed by atoms with Crippen LogP contribution in [-0.2, 0) is 27.7 Å². The van der Waals surface area contributed by atoms with Gasteiger partial charge in [0, 0.05) is 13.7 Å². The van der Waals surface area contributed by atoms with E-state index in [4.69, 9.17) is 5.14 Å². The van der Waals surface area contributed by atoms with Gasteiger partial charge in [0.05, 0.1) is 6.61 Å². The van der Waals surface area contributed by atoms with E-state index in [1.807, 2.05) is 0 Å². The van der Waals surface area contributed by atoms with E-state index in [9.17, 15) is 21.6 Å². The van der Waals surface area contributed by atoms with Gasteiger partial charge in [0.15, 0.2) is 0 Å². The average Bonchev–Trinajstić information content (AvgIpc) is 2.54. The van der Waals surface area contributed by atoms with E-state index in [1.54, 1.807) is 0 Å². The normalized spacial score (nSPS) is 12.9. The van der Waals surface area contributed by atoms with E-state index in [-0.39, 0.29) is 13.2 Å². The Morgan fingerprint density at radius 2 is 2.00 bits per heavy atom. The van der Waals surface area contributed by atoms with E-state index in [1.165, 1.54) is 7.11 Å². The Bertz CT molecular complexity index is 510. The van der Waals surface area contributed by atoms with Gasteiger partial charge in [0.2, 0.25) is 0 Å². The monoisotopic (exact) mass is 288 g/mol. The summed E-state index contributed by atoms with van der Waals surface area (Å²) in [5.41, 5.74) is 0. The molecule has 1 rings (SSSR count). The van der Waals surface area contributed by atoms with Crippen LogP contribution in [0.3, 0.4) is 0 Å². The lowest BCUT2D eigenvalue weighted by molar-refractivity contribution is -0.129. The zero-order valence-corrected chi connectivity index (χ0v) is 10.1. The average molecular weight is 288 g/mol. The predicted octanol–water partition coefficient (Wildman–Crippen LogP) is -0.323. The summed E-state index contributed by atoms with van der Waals surface area (Å²) in [4.78, 5) is 0. The number of hydrogen-bond donors (Lipinski definition) is 1. The Hall–Kier alpha value is -1.20. The highest BCUT2D eigenvalue weighted by atomic mass is 32.2. The third kappa shape index (κ3) is 3.92. The van der Waals surface area contributed by atoms with Crippen LogP contribution in [0.2, 0.25) is 0 Å². The zero-order valence-electron chi connectivity index (χ0n) is 9.31. The number of nitrogens with two attached hydrogens (primary N) is 1. The second-order valence-electron chi connectivity index (χ2n) is 3.38. The molecule has 0 aromatic carbocycles. The molecule has 0 radical (unpaired) electrons. The van der Waals surface area contributed by atoms with Crippen LogP contribution in [0.25, 0.3) is 0 Å². The van der Waals surface area contributed by atoms with Crippen molar-refractivity contribution in [3.05, 3.63) is 5.82 Å². The number of sulfonamides is 1. The predicted molar refractivity (Wildman–Crippen MR) is 53.0 cm³/mol. The summed E-state index contributed by atoms with van der Waals surface area (Å²) in [6.07, 6.45) is -5.91. The van der Waals surface area contributed by atoms with E-state index < -0.39 is 33.6 Å². The minimum absolute atomic E-state index is 0.00537. The van der Waals surface area contributed by atoms with Crippen molar-refractivity contribution in [3.8, 4) is 0 Å². The number of aromatic nitrogens is 3. The summed E-state index contributed by atoms with van der Waals surface area (Å²) in [5.74, 6) is -0.524. The molecule has 0 bridgehead atoms. The number of rotatable bonds is 5. The highest BCUT2D eigenvalue weighted by Gasteiger charge is 2.32. The van der Waals surface area contributed by atoms with Crippen LogP contribution in [0.5, 0.6) is 0 Å². The number of halogens is 3. The van der Waals surface area contributed by atoms with Gasteiger partial charge in [-0.2, -0.15) is 13.2 Å². The SMILES string of the molecule is COCCn1c(CC(F)(F)F)nnc1S(N)(=O)=O. The van der Waals surface area contributed by atoms with Crippen LogP contribution in [0.15, 0.2) is 5.16 Å². The molecule has 104 valence electrons. The first-order valence-electron chi connectivity index (χ1n) is 4.65. The first-order valence-corrected chi connectivity index (χ1v) is 6.20. The van der Waals surface area contributed by atoms with Crippen molar-refractivity contribution in [2.45, 2.75) is 24.3 Å². The van der Waals surface area contributed by atoms with Gasteiger partial charge in [-0.3, -0.25) is 4.57 Å². The second-order valence-corrected chi connectivity index (χ2v) is 4.84. The van der Waals surface area contributed by atoms with Gasteiger partial charge < -0.3 is 4.74 Å². The van der Waals surface area contributed by atoms with Crippen molar-refractivity contribution in [2.75, 3.05) is 13.7 Å². The molecular formula is C7H11F3N4O3S. The molecule has 1 aromatic heterocycles. The molecule has 0 aliphatic carbocycles. The van der Waals surface area contributed by atoms with E-state index >= 15 is 0 Å². The van der Waals surface area contributed by atoms with Crippen LogP contribution < -0.4 is 5.14 Å². The van der Waals surface area contributed by atoms with Gasteiger partial charge in [0.25, 0.3) is 15.2 Å². The van der Waals surface area contributed by atoms with Gasteiger partial charge in [-0.1, -0.05) is 0 Å². The number of primary sulfonamides is 1. The molecule has 18 heavy (non-hydrogen) atoms. The number of hydrogen-bond acceptors (Lipinski definition) is 5. The lowest BCUT2D eigenvalue weighted by Crippen LogP contribution is -2.23. The van der Waals surface area contributed by atoms with Gasteiger partial charge in [-0.25, -0.2) is 13.6 Å². The molecule has 0 aliphatic heterocycles. The largest absolute Gasteiger partial charge is 0.396 e. The van der Waals surface area contributed by atoms with Crippen LogP contribution in [0.4, 0.5) is 13.2 Å². The molecule has 2 N–H and O–H groups in total. The molecule has 7 nitrogen and oxygen atoms in total. The van der Waals surface area contributed by atoms with Gasteiger partial charge in [-0.05, 0) is 0 Å². The summed E-state index contributed by atoms with van der Waals surface area (Å²) in [7, 11) is -2.91. The van der Waals surface area contributed by atoms with Crippen molar-refractivity contribution < 1.29 is 26.3 Å². The fourth-order valence-corrected chi connectivity index (χ4v) is 1.91. The van der Waals surface area contributed by atoms with Crippen LogP contribution in [-0.4, -0.2) is 43.1 Å². The van der Waals surface area contributed by atoms with Crippen LogP contribution in [0.1, 0.15) is 5.82 Å². The number of methoxy groups -OCH3 is 1. The molecule has 11 heteroatoms. The highest BCUT2D eigenvalue weighted by molar-refractivity contribution is 7.89. The number of nitrogens with zero attached hydrogens (tertiary/aromatic N) is 3. The fourth-order valence-electron chi connectivity index (χ4n) is 1.25. The molecule has 1 aromatic rings. The highest BCUT2D eigenvalue weighted by Crippen LogP contribution is 2.21. The lowest BCUT2D eigenvalue weighted by atomic mass is 10.4. The van der Waals surface area contributed by atoms with Crippen molar-refractivity contribution in [3.63, 3.8) is 0 Å². The Morgan fingerprint density at radius 3 is 2.44 bits per heavy atom. The van der Waals surface area contributed by atoms with Crippen LogP contribution >= 0.6 is 0 Å². The van der Waals surface area contributed by atoms with Crippen molar-refractivity contribution >= 4 is 10.0 Å². The van der Waals surface area contributed by atoms with Crippen LogP contribution in [0, 0.1) is 0 Å². The first kappa shape index (κ1) is 14.9. The summed E-state index contributed by atoms with van der Waals surface area (Å²) >= 11 is 0. The standard InChI is InChI=1S/C7H11F3N4O3S/c1-17-3-2-14-5(4-7(8,9)10)12-13-6(14)18(11,15)16/h2-4H2,1H3,(H2,11,15,16). The molecule has 0 fully saturated rings. The Kier molecular flexibility index (Phi) is 4.29. The summed E-state index contributed by atoms with van der Waals surface area (Å²) < 4.78 is 64.5. The van der Waals surface area contributed by atoms with E-state index in [0.717, 1.165) is 4.57 Å². The smallest absolute Gasteiger partial charge is 0.383 e. The third-order valence-corrected chi connectivity index (χ3v) is 2.74. The Labute approximate surface area is 101 Å². The molecule has 0 saturated carbocycles. The first-order chi connectivity index (χ1) is 8.15. The molecule has 0 aliphatic rings. The maximum absolute atomic E-state index is 12.3. The number of alkyl halides is 3. The Morgan fingerprint density at radius 1 is 1.39 bits per heavy atom. The van der Waals surface area contributed by atoms with E-state index in [2.05, 4.69) is 14.9 Å². The van der Waals surface area contributed by atoms with Gasteiger partial charge in [0.1, 0.15) is 12.2 Å². The fraction of sp³-hybridized carbons (Fsp3) is 0.714. The second kappa shape index (κ2) is 5.20.